The van der Waals surface area contributed by atoms with Crippen LogP contribution >= 0.6 is 0 Å². The maximum atomic E-state index is 12.4. The van der Waals surface area contributed by atoms with Crippen molar-refractivity contribution in [2.75, 3.05) is 44.6 Å². The molecule has 3 heterocycles. The molecule has 1 saturated heterocycles. The first kappa shape index (κ1) is 17.4. The Hall–Kier alpha value is -2.70. The summed E-state index contributed by atoms with van der Waals surface area (Å²) in [5.41, 5.74) is 8.11. The minimum Gasteiger partial charge on any atom is -0.384 e. The lowest BCUT2D eigenvalue weighted by molar-refractivity contribution is 0.0955. The highest BCUT2D eigenvalue weighted by molar-refractivity contribution is 6.06. The number of rotatable bonds is 4. The summed E-state index contributed by atoms with van der Waals surface area (Å²) in [6.07, 6.45) is 0. The smallest absolute Gasteiger partial charge is 0.271 e. The van der Waals surface area contributed by atoms with E-state index in [4.69, 9.17) is 0 Å². The SMILES string of the molecule is O=C1NN=C(CN2CCN(Cc3ccccc3)CC2)C2CNc3cccc1c32. The second-order valence-electron chi connectivity index (χ2n) is 7.78. The maximum Gasteiger partial charge on any atom is 0.271 e. The number of benzene rings is 2. The molecule has 1 unspecified atom stereocenters. The van der Waals surface area contributed by atoms with Crippen molar-refractivity contribution in [3.8, 4) is 0 Å². The molecular formula is C22H25N5O. The highest BCUT2D eigenvalue weighted by Crippen LogP contribution is 2.36. The quantitative estimate of drug-likeness (QED) is 0.859. The molecule has 5 rings (SSSR count). The molecule has 1 fully saturated rings. The van der Waals surface area contributed by atoms with Crippen LogP contribution in [0.2, 0.25) is 0 Å². The van der Waals surface area contributed by atoms with Gasteiger partial charge in [0, 0.05) is 63.0 Å². The Bertz CT molecular complexity index is 902. The van der Waals surface area contributed by atoms with Crippen LogP contribution in [0.1, 0.15) is 27.4 Å². The molecule has 3 aliphatic heterocycles. The molecule has 2 aromatic carbocycles. The van der Waals surface area contributed by atoms with Gasteiger partial charge in [0.2, 0.25) is 0 Å². The molecular weight excluding hydrogens is 350 g/mol. The van der Waals surface area contributed by atoms with Crippen molar-refractivity contribution in [3.63, 3.8) is 0 Å². The van der Waals surface area contributed by atoms with Gasteiger partial charge in [-0.05, 0) is 23.3 Å². The number of anilines is 1. The van der Waals surface area contributed by atoms with E-state index < -0.39 is 0 Å². The standard InChI is InChI=1S/C22H25N5O/c28-22-17-7-4-8-19-21(17)18(13-23-19)20(24-25-22)15-27-11-9-26(10-12-27)14-16-5-2-1-3-6-16/h1-8,18,23H,9-15H2,(H,25,28). The van der Waals surface area contributed by atoms with Gasteiger partial charge in [-0.2, -0.15) is 5.10 Å². The lowest BCUT2D eigenvalue weighted by Gasteiger charge is -2.35. The minimum absolute atomic E-state index is 0.103. The van der Waals surface area contributed by atoms with Crippen molar-refractivity contribution in [1.82, 2.24) is 15.2 Å². The van der Waals surface area contributed by atoms with E-state index in [1.54, 1.807) is 0 Å². The van der Waals surface area contributed by atoms with Crippen molar-refractivity contribution in [2.24, 2.45) is 5.10 Å². The summed E-state index contributed by atoms with van der Waals surface area (Å²) < 4.78 is 0. The van der Waals surface area contributed by atoms with E-state index in [2.05, 4.69) is 62.0 Å². The van der Waals surface area contributed by atoms with Crippen molar-refractivity contribution in [2.45, 2.75) is 12.5 Å². The fraction of sp³-hybridized carbons (Fsp3) is 0.364. The predicted molar refractivity (Wildman–Crippen MR) is 111 cm³/mol. The van der Waals surface area contributed by atoms with Crippen LogP contribution in [0, 0.1) is 0 Å². The molecule has 3 aliphatic rings. The topological polar surface area (TPSA) is 60.0 Å². The first-order valence-electron chi connectivity index (χ1n) is 10.00. The highest BCUT2D eigenvalue weighted by atomic mass is 16.2. The zero-order chi connectivity index (χ0) is 18.9. The Morgan fingerprint density at radius 1 is 0.929 bits per heavy atom. The number of hydrogen-bond acceptors (Lipinski definition) is 5. The third-order valence-electron chi connectivity index (χ3n) is 6.00. The van der Waals surface area contributed by atoms with Crippen LogP contribution in [0.3, 0.4) is 0 Å². The van der Waals surface area contributed by atoms with E-state index in [-0.39, 0.29) is 11.8 Å². The molecule has 6 heteroatoms. The number of piperazine rings is 1. The monoisotopic (exact) mass is 375 g/mol. The lowest BCUT2D eigenvalue weighted by Crippen LogP contribution is -2.48. The van der Waals surface area contributed by atoms with Gasteiger partial charge in [-0.25, -0.2) is 5.43 Å². The third kappa shape index (κ3) is 3.30. The van der Waals surface area contributed by atoms with Gasteiger partial charge in [0.1, 0.15) is 0 Å². The summed E-state index contributed by atoms with van der Waals surface area (Å²) in [5.74, 6) is 0.0701. The number of hydrazone groups is 1. The second kappa shape index (κ2) is 7.37. The average molecular weight is 375 g/mol. The first-order chi connectivity index (χ1) is 13.8. The van der Waals surface area contributed by atoms with Gasteiger partial charge >= 0.3 is 0 Å². The number of carbonyl (C=O) groups is 1. The second-order valence-corrected chi connectivity index (χ2v) is 7.78. The molecule has 28 heavy (non-hydrogen) atoms. The van der Waals surface area contributed by atoms with Crippen molar-refractivity contribution in [1.29, 1.82) is 0 Å². The molecule has 1 amide bonds. The number of carbonyl (C=O) groups excluding carboxylic acids is 1. The molecule has 0 spiro atoms. The summed E-state index contributed by atoms with van der Waals surface area (Å²) in [5, 5.41) is 7.95. The van der Waals surface area contributed by atoms with Crippen LogP contribution in [0.15, 0.2) is 53.6 Å². The Morgan fingerprint density at radius 2 is 1.68 bits per heavy atom. The summed E-state index contributed by atoms with van der Waals surface area (Å²) >= 11 is 0. The molecule has 0 saturated carbocycles. The number of nitrogens with one attached hydrogen (secondary N) is 2. The molecule has 6 nitrogen and oxygen atoms in total. The van der Waals surface area contributed by atoms with E-state index in [9.17, 15) is 4.79 Å². The van der Waals surface area contributed by atoms with E-state index in [1.807, 2.05) is 12.1 Å². The van der Waals surface area contributed by atoms with Crippen LogP contribution in [-0.2, 0) is 6.54 Å². The van der Waals surface area contributed by atoms with Crippen molar-refractivity contribution >= 4 is 17.3 Å². The van der Waals surface area contributed by atoms with Crippen LogP contribution in [0.25, 0.3) is 0 Å². The first-order valence-corrected chi connectivity index (χ1v) is 10.00. The number of nitrogens with zero attached hydrogens (tertiary/aromatic N) is 3. The van der Waals surface area contributed by atoms with Gasteiger partial charge in [0.15, 0.2) is 0 Å². The van der Waals surface area contributed by atoms with Gasteiger partial charge in [-0.3, -0.25) is 14.6 Å². The van der Waals surface area contributed by atoms with Crippen molar-refractivity contribution in [3.05, 3.63) is 65.2 Å². The van der Waals surface area contributed by atoms with Crippen molar-refractivity contribution < 1.29 is 4.79 Å². The van der Waals surface area contributed by atoms with Crippen LogP contribution < -0.4 is 10.7 Å². The van der Waals surface area contributed by atoms with E-state index >= 15 is 0 Å². The molecule has 0 aliphatic carbocycles. The van der Waals surface area contributed by atoms with Crippen LogP contribution in [0.5, 0.6) is 0 Å². The fourth-order valence-electron chi connectivity index (χ4n) is 4.47. The fourth-order valence-corrected chi connectivity index (χ4v) is 4.47. The third-order valence-corrected chi connectivity index (χ3v) is 6.00. The molecule has 1 atom stereocenters. The summed E-state index contributed by atoms with van der Waals surface area (Å²) in [6, 6.07) is 16.5. The Kier molecular flexibility index (Phi) is 4.58. The molecule has 144 valence electrons. The molecule has 0 aromatic heterocycles. The molecule has 2 aromatic rings. The Balaban J connectivity index is 1.25. The zero-order valence-corrected chi connectivity index (χ0v) is 15.9. The van der Waals surface area contributed by atoms with Gasteiger partial charge in [0.25, 0.3) is 5.91 Å². The normalized spacial score (nSPS) is 22.1. The van der Waals surface area contributed by atoms with E-state index in [0.717, 1.165) is 68.3 Å². The average Bonchev–Trinajstić information content (AvgIpc) is 3.11. The molecule has 0 bridgehead atoms. The van der Waals surface area contributed by atoms with Crippen LogP contribution in [0.4, 0.5) is 5.69 Å². The lowest BCUT2D eigenvalue weighted by atomic mass is 9.91. The van der Waals surface area contributed by atoms with Gasteiger partial charge in [-0.1, -0.05) is 36.4 Å². The summed E-state index contributed by atoms with van der Waals surface area (Å²) in [6.45, 7) is 6.78. The van der Waals surface area contributed by atoms with Crippen LogP contribution in [-0.4, -0.2) is 60.7 Å². The summed E-state index contributed by atoms with van der Waals surface area (Å²) in [4.78, 5) is 17.4. The van der Waals surface area contributed by atoms with Gasteiger partial charge in [-0.15, -0.1) is 0 Å². The highest BCUT2D eigenvalue weighted by Gasteiger charge is 2.34. The van der Waals surface area contributed by atoms with Gasteiger partial charge in [0.05, 0.1) is 5.71 Å². The molecule has 0 radical (unpaired) electrons. The summed E-state index contributed by atoms with van der Waals surface area (Å²) in [7, 11) is 0. The Labute approximate surface area is 165 Å². The largest absolute Gasteiger partial charge is 0.384 e. The minimum atomic E-state index is -0.103. The number of amides is 1. The van der Waals surface area contributed by atoms with E-state index in [1.165, 1.54) is 5.56 Å². The van der Waals surface area contributed by atoms with E-state index in [0.29, 0.717) is 0 Å². The van der Waals surface area contributed by atoms with Gasteiger partial charge < -0.3 is 5.32 Å². The Morgan fingerprint density at radius 3 is 2.46 bits per heavy atom. The number of hydrogen-bond donors (Lipinski definition) is 2. The predicted octanol–water partition coefficient (Wildman–Crippen LogP) is 2.11. The molecule has 2 N–H and O–H groups in total. The zero-order valence-electron chi connectivity index (χ0n) is 15.9. The maximum absolute atomic E-state index is 12.4.